The minimum atomic E-state index is 0.506. The lowest BCUT2D eigenvalue weighted by molar-refractivity contribution is -0.941. The third kappa shape index (κ3) is 5.27. The van der Waals surface area contributed by atoms with Gasteiger partial charge in [0.1, 0.15) is 0 Å². The Morgan fingerprint density at radius 2 is 2.00 bits per heavy atom. The minimum Gasteiger partial charge on any atom is -0.357 e. The molecule has 0 heterocycles. The lowest BCUT2D eigenvalue weighted by atomic mass is 10.1. The van der Waals surface area contributed by atoms with Crippen molar-refractivity contribution in [3.63, 3.8) is 0 Å². The van der Waals surface area contributed by atoms with Gasteiger partial charge in [-0.1, -0.05) is 20.8 Å². The fraction of sp³-hybridized carbons (Fsp3) is 1.00. The molecule has 78 valence electrons. The van der Waals surface area contributed by atoms with Crippen molar-refractivity contribution in [1.29, 1.82) is 0 Å². The molecule has 0 saturated carbocycles. The van der Waals surface area contributed by atoms with Crippen LogP contribution in [0.15, 0.2) is 5.28 Å². The first-order valence-electron chi connectivity index (χ1n) is 4.70. The van der Waals surface area contributed by atoms with Gasteiger partial charge < -0.3 is 5.21 Å². The first kappa shape index (κ1) is 12.0. The van der Waals surface area contributed by atoms with E-state index in [1.54, 1.807) is 5.01 Å². The summed E-state index contributed by atoms with van der Waals surface area (Å²) >= 11 is 0. The summed E-state index contributed by atoms with van der Waals surface area (Å²) in [6, 6.07) is 0. The molecule has 13 heavy (non-hydrogen) atoms. The highest BCUT2D eigenvalue weighted by Crippen LogP contribution is 2.02. The zero-order valence-corrected chi connectivity index (χ0v) is 8.64. The standard InChI is InChI=1S/C8H19N3O2/c1-4-6-10(11(13)9-12)7-5-8(2)3/h8,13H,4-7H2,1-3H3/p+1. The molecule has 5 heteroatoms. The second-order valence-corrected chi connectivity index (χ2v) is 3.49. The fourth-order valence-corrected chi connectivity index (χ4v) is 1.01. The third-order valence-corrected chi connectivity index (χ3v) is 1.78. The van der Waals surface area contributed by atoms with Crippen LogP contribution in [-0.4, -0.2) is 33.5 Å². The average Bonchev–Trinajstić information content (AvgIpc) is 2.10. The molecule has 0 rings (SSSR count). The molecule has 0 aromatic carbocycles. The average molecular weight is 190 g/mol. The number of rotatable bonds is 6. The van der Waals surface area contributed by atoms with Crippen molar-refractivity contribution in [1.82, 2.24) is 5.01 Å². The van der Waals surface area contributed by atoms with Crippen LogP contribution in [0.3, 0.4) is 0 Å². The molecule has 0 aliphatic carbocycles. The second kappa shape index (κ2) is 6.51. The van der Waals surface area contributed by atoms with Gasteiger partial charge in [-0.05, 0) is 18.8 Å². The summed E-state index contributed by atoms with van der Waals surface area (Å²) in [4.78, 5) is 0.506. The second-order valence-electron chi connectivity index (χ2n) is 3.49. The summed E-state index contributed by atoms with van der Waals surface area (Å²) in [6.45, 7) is 7.62. The third-order valence-electron chi connectivity index (χ3n) is 1.78. The SMILES string of the molecule is CCCN(CCC(C)C)/[N+](O)=N/O. The lowest BCUT2D eigenvalue weighted by Gasteiger charge is -2.12. The molecule has 0 spiro atoms. The summed E-state index contributed by atoms with van der Waals surface area (Å²) in [5.74, 6) is 0.575. The monoisotopic (exact) mass is 190 g/mol. The van der Waals surface area contributed by atoms with E-state index in [0.29, 0.717) is 24.0 Å². The molecule has 0 radical (unpaired) electrons. The van der Waals surface area contributed by atoms with Gasteiger partial charge in [-0.15, -0.1) is 5.01 Å². The number of hydrazine groups is 1. The van der Waals surface area contributed by atoms with E-state index in [4.69, 9.17) is 10.4 Å². The predicted octanol–water partition coefficient (Wildman–Crippen LogP) is 1.90. The largest absolute Gasteiger partial charge is 0.357 e. The molecule has 2 N–H and O–H groups in total. The maximum atomic E-state index is 9.10. The zero-order valence-electron chi connectivity index (χ0n) is 8.64. The highest BCUT2D eigenvalue weighted by Gasteiger charge is 2.16. The Bertz CT molecular complexity index is 159. The van der Waals surface area contributed by atoms with E-state index < -0.39 is 0 Å². The van der Waals surface area contributed by atoms with Crippen LogP contribution >= 0.6 is 0 Å². The molecular formula is C8H20N3O2+. The Balaban J connectivity index is 3.94. The van der Waals surface area contributed by atoms with Crippen molar-refractivity contribution in [2.75, 3.05) is 13.1 Å². The van der Waals surface area contributed by atoms with Crippen molar-refractivity contribution >= 4 is 0 Å². The topological polar surface area (TPSA) is 59.1 Å². The van der Waals surface area contributed by atoms with E-state index in [-0.39, 0.29) is 0 Å². The van der Waals surface area contributed by atoms with Crippen molar-refractivity contribution in [2.45, 2.75) is 33.6 Å². The molecule has 5 nitrogen and oxygen atoms in total. The lowest BCUT2D eigenvalue weighted by Crippen LogP contribution is -2.34. The molecule has 0 aliphatic rings. The Kier molecular flexibility index (Phi) is 6.01. The highest BCUT2D eigenvalue weighted by molar-refractivity contribution is 4.48. The van der Waals surface area contributed by atoms with Gasteiger partial charge in [-0.2, -0.15) is 0 Å². The highest BCUT2D eigenvalue weighted by atomic mass is 16.6. The van der Waals surface area contributed by atoms with Gasteiger partial charge in [0.05, 0.1) is 13.1 Å². The number of hydrogen-bond acceptors (Lipinski definition) is 1. The number of nitrogens with zero attached hydrogens (tertiary/aromatic N) is 3. The summed E-state index contributed by atoms with van der Waals surface area (Å²) in [6.07, 6.45) is 1.87. The van der Waals surface area contributed by atoms with E-state index in [1.807, 2.05) is 6.92 Å². The Labute approximate surface area is 79.2 Å². The van der Waals surface area contributed by atoms with Gasteiger partial charge in [0.15, 0.2) is 0 Å². The van der Waals surface area contributed by atoms with Crippen LogP contribution in [0.4, 0.5) is 0 Å². The van der Waals surface area contributed by atoms with Crippen LogP contribution in [0.5, 0.6) is 0 Å². The van der Waals surface area contributed by atoms with Gasteiger partial charge in [0.2, 0.25) is 0 Å². The Morgan fingerprint density at radius 1 is 1.38 bits per heavy atom. The molecule has 0 bridgehead atoms. The first-order chi connectivity index (χ1) is 6.11. The van der Waals surface area contributed by atoms with Gasteiger partial charge in [-0.25, -0.2) is 5.21 Å². The van der Waals surface area contributed by atoms with Crippen LogP contribution in [0.1, 0.15) is 33.6 Å². The Hall–Kier alpha value is -1.00. The summed E-state index contributed by atoms with van der Waals surface area (Å²) in [5, 5.41) is 21.8. The van der Waals surface area contributed by atoms with E-state index >= 15 is 0 Å². The maximum Gasteiger partial charge on any atom is 0.271 e. The minimum absolute atomic E-state index is 0.506. The number of hydrogen-bond donors (Lipinski definition) is 2. The molecule has 0 aliphatic heterocycles. The van der Waals surface area contributed by atoms with E-state index in [1.165, 1.54) is 0 Å². The molecule has 0 aromatic heterocycles. The van der Waals surface area contributed by atoms with Crippen molar-refractivity contribution in [3.05, 3.63) is 0 Å². The first-order valence-corrected chi connectivity index (χ1v) is 4.70. The normalized spacial score (nSPS) is 12.2. The smallest absolute Gasteiger partial charge is 0.271 e. The molecule has 0 unspecified atom stereocenters. The molecule has 0 amide bonds. The van der Waals surface area contributed by atoms with Crippen molar-refractivity contribution in [2.24, 2.45) is 11.2 Å². The van der Waals surface area contributed by atoms with Gasteiger partial charge >= 0.3 is 0 Å². The molecule has 0 fully saturated rings. The molecular weight excluding hydrogens is 170 g/mol. The van der Waals surface area contributed by atoms with Crippen molar-refractivity contribution in [3.8, 4) is 0 Å². The van der Waals surface area contributed by atoms with E-state index in [2.05, 4.69) is 19.1 Å². The maximum absolute atomic E-state index is 9.10. The summed E-state index contributed by atoms with van der Waals surface area (Å²) < 4.78 is 0. The summed E-state index contributed by atoms with van der Waals surface area (Å²) in [7, 11) is 0. The van der Waals surface area contributed by atoms with Crippen LogP contribution in [0.25, 0.3) is 0 Å². The van der Waals surface area contributed by atoms with E-state index in [0.717, 1.165) is 12.8 Å². The molecule has 0 atom stereocenters. The zero-order chi connectivity index (χ0) is 10.3. The van der Waals surface area contributed by atoms with Crippen LogP contribution in [0.2, 0.25) is 0 Å². The van der Waals surface area contributed by atoms with Gasteiger partial charge in [-0.3, -0.25) is 0 Å². The quantitative estimate of drug-likeness (QED) is 0.382. The van der Waals surface area contributed by atoms with Crippen molar-refractivity contribution < 1.29 is 15.4 Å². The van der Waals surface area contributed by atoms with Crippen LogP contribution in [-0.2, 0) is 0 Å². The van der Waals surface area contributed by atoms with Gasteiger partial charge in [0, 0.05) is 0 Å². The summed E-state index contributed by atoms with van der Waals surface area (Å²) in [5.41, 5.74) is 0. The van der Waals surface area contributed by atoms with Crippen LogP contribution in [0, 0.1) is 5.92 Å². The fourth-order valence-electron chi connectivity index (χ4n) is 1.01. The van der Waals surface area contributed by atoms with E-state index in [9.17, 15) is 0 Å². The molecule has 0 saturated heterocycles. The Morgan fingerprint density at radius 3 is 2.38 bits per heavy atom. The molecule has 0 aromatic rings. The van der Waals surface area contributed by atoms with Crippen LogP contribution < -0.4 is 0 Å². The predicted molar refractivity (Wildman–Crippen MR) is 47.6 cm³/mol. The van der Waals surface area contributed by atoms with Gasteiger partial charge in [0.25, 0.3) is 10.2 Å².